The highest BCUT2D eigenvalue weighted by molar-refractivity contribution is 6.89. The van der Waals surface area contributed by atoms with Crippen molar-refractivity contribution in [3.8, 4) is 0 Å². The van der Waals surface area contributed by atoms with E-state index in [-0.39, 0.29) is 25.6 Å². The molecule has 0 bridgehead atoms. The molecule has 3 nitrogen and oxygen atoms in total. The first-order valence-electron chi connectivity index (χ1n) is 10.00. The van der Waals surface area contributed by atoms with E-state index in [0.29, 0.717) is 6.42 Å². The van der Waals surface area contributed by atoms with Crippen LogP contribution in [0.5, 0.6) is 0 Å². The summed E-state index contributed by atoms with van der Waals surface area (Å²) in [5.74, 6) is 0. The van der Waals surface area contributed by atoms with Crippen LogP contribution in [0.3, 0.4) is 0 Å². The molecule has 0 unspecified atom stereocenters. The molecule has 26 heavy (non-hydrogen) atoms. The second kappa shape index (κ2) is 13.7. The molecule has 0 spiro atoms. The number of benzene rings is 1. The summed E-state index contributed by atoms with van der Waals surface area (Å²) >= 11 is 0. The number of aliphatic hydroxyl groups is 2. The Balaban J connectivity index is 0.00000625. The van der Waals surface area contributed by atoms with E-state index in [1.54, 1.807) is 5.19 Å². The van der Waals surface area contributed by atoms with Gasteiger partial charge in [-0.15, -0.1) is 12.4 Å². The second-order valence-electron chi connectivity index (χ2n) is 8.26. The number of hydrogen-bond acceptors (Lipinski definition) is 3. The van der Waals surface area contributed by atoms with Crippen LogP contribution in [-0.4, -0.2) is 37.0 Å². The molecule has 0 amide bonds. The molecule has 4 N–H and O–H groups in total. The van der Waals surface area contributed by atoms with E-state index in [1.165, 1.54) is 44.6 Å². The minimum Gasteiger partial charge on any atom is -0.394 e. The van der Waals surface area contributed by atoms with Gasteiger partial charge in [0.25, 0.3) is 0 Å². The van der Waals surface area contributed by atoms with Crippen LogP contribution in [0.25, 0.3) is 0 Å². The van der Waals surface area contributed by atoms with Crippen molar-refractivity contribution in [3.63, 3.8) is 0 Å². The van der Waals surface area contributed by atoms with Gasteiger partial charge < -0.3 is 15.9 Å². The Morgan fingerprint density at radius 3 is 1.77 bits per heavy atom. The molecule has 0 radical (unpaired) electrons. The SMILES string of the molecule is C[Si](C)(CCCCCCCCCCC(N)(CO)CO)c1ccccc1.Cl. The monoisotopic (exact) mass is 401 g/mol. The largest absolute Gasteiger partial charge is 0.394 e. The summed E-state index contributed by atoms with van der Waals surface area (Å²) in [6.45, 7) is 4.70. The molecule has 152 valence electrons. The summed E-state index contributed by atoms with van der Waals surface area (Å²) in [5, 5.41) is 19.9. The number of aliphatic hydroxyl groups excluding tert-OH is 2. The van der Waals surface area contributed by atoms with E-state index < -0.39 is 13.6 Å². The predicted molar refractivity (Wildman–Crippen MR) is 118 cm³/mol. The van der Waals surface area contributed by atoms with Crippen molar-refractivity contribution >= 4 is 25.7 Å². The predicted octanol–water partition coefficient (Wildman–Crippen LogP) is 4.22. The van der Waals surface area contributed by atoms with Crippen LogP contribution in [0.15, 0.2) is 30.3 Å². The lowest BCUT2D eigenvalue weighted by molar-refractivity contribution is 0.112. The van der Waals surface area contributed by atoms with E-state index in [2.05, 4.69) is 43.4 Å². The summed E-state index contributed by atoms with van der Waals surface area (Å²) in [6, 6.07) is 12.4. The molecule has 1 aromatic carbocycles. The highest BCUT2D eigenvalue weighted by Crippen LogP contribution is 2.17. The molecule has 0 aliphatic heterocycles. The van der Waals surface area contributed by atoms with E-state index >= 15 is 0 Å². The molecular formula is C21H40ClNO2Si. The topological polar surface area (TPSA) is 66.5 Å². The fourth-order valence-electron chi connectivity index (χ4n) is 3.35. The summed E-state index contributed by atoms with van der Waals surface area (Å²) in [6.07, 6.45) is 10.7. The van der Waals surface area contributed by atoms with Crippen molar-refractivity contribution in [3.05, 3.63) is 30.3 Å². The lowest BCUT2D eigenvalue weighted by Crippen LogP contribution is -2.47. The van der Waals surface area contributed by atoms with Gasteiger partial charge in [0.2, 0.25) is 0 Å². The van der Waals surface area contributed by atoms with Crippen molar-refractivity contribution in [1.29, 1.82) is 0 Å². The third kappa shape index (κ3) is 10.1. The molecular weight excluding hydrogens is 362 g/mol. The van der Waals surface area contributed by atoms with E-state index in [0.717, 1.165) is 12.8 Å². The molecule has 0 saturated carbocycles. The zero-order valence-corrected chi connectivity index (χ0v) is 18.6. The molecule has 0 heterocycles. The van der Waals surface area contributed by atoms with Crippen LogP contribution in [0.2, 0.25) is 19.1 Å². The quantitative estimate of drug-likeness (QED) is 0.323. The first-order chi connectivity index (χ1) is 11.9. The Kier molecular flexibility index (Phi) is 13.5. The second-order valence-corrected chi connectivity index (χ2v) is 13.1. The zero-order valence-electron chi connectivity index (χ0n) is 16.8. The van der Waals surface area contributed by atoms with Gasteiger partial charge >= 0.3 is 0 Å². The minimum absolute atomic E-state index is 0. The van der Waals surface area contributed by atoms with Gasteiger partial charge in [-0.1, -0.05) is 106 Å². The Morgan fingerprint density at radius 2 is 1.27 bits per heavy atom. The van der Waals surface area contributed by atoms with Gasteiger partial charge in [0, 0.05) is 0 Å². The Hall–Kier alpha value is -0.393. The molecule has 0 atom stereocenters. The van der Waals surface area contributed by atoms with Gasteiger partial charge in [0.15, 0.2) is 0 Å². The fraction of sp³-hybridized carbons (Fsp3) is 0.714. The average molecular weight is 402 g/mol. The minimum atomic E-state index is -1.24. The number of rotatable bonds is 14. The van der Waals surface area contributed by atoms with Crippen molar-refractivity contribution in [2.75, 3.05) is 13.2 Å². The van der Waals surface area contributed by atoms with Gasteiger partial charge in [0.1, 0.15) is 0 Å². The summed E-state index contributed by atoms with van der Waals surface area (Å²) in [4.78, 5) is 0. The number of hydrogen-bond donors (Lipinski definition) is 3. The van der Waals surface area contributed by atoms with Crippen molar-refractivity contribution in [2.24, 2.45) is 5.73 Å². The zero-order chi connectivity index (χ0) is 18.6. The van der Waals surface area contributed by atoms with Crippen LogP contribution in [0.4, 0.5) is 0 Å². The van der Waals surface area contributed by atoms with Crippen LogP contribution in [0, 0.1) is 0 Å². The van der Waals surface area contributed by atoms with Crippen LogP contribution >= 0.6 is 12.4 Å². The molecule has 5 heteroatoms. The molecule has 1 rings (SSSR count). The molecule has 0 aromatic heterocycles. The van der Waals surface area contributed by atoms with Crippen LogP contribution < -0.4 is 10.9 Å². The van der Waals surface area contributed by atoms with Gasteiger partial charge in [0.05, 0.1) is 26.8 Å². The standard InChI is InChI=1S/C21H39NO2Si.ClH/c1-25(2,20-14-10-9-11-15-20)17-13-8-6-4-3-5-7-12-16-21(22,18-23)19-24;/h9-11,14-15,23-24H,3-8,12-13,16-19,22H2,1-2H3;1H. The van der Waals surface area contributed by atoms with Gasteiger partial charge in [-0.05, 0) is 6.42 Å². The number of unbranched alkanes of at least 4 members (excludes halogenated alkanes) is 7. The van der Waals surface area contributed by atoms with E-state index in [1.807, 2.05) is 0 Å². The third-order valence-electron chi connectivity index (χ3n) is 5.41. The smallest absolute Gasteiger partial charge is 0.0806 e. The average Bonchev–Trinajstić information content (AvgIpc) is 2.63. The third-order valence-corrected chi connectivity index (χ3v) is 8.91. The van der Waals surface area contributed by atoms with Crippen LogP contribution in [-0.2, 0) is 0 Å². The van der Waals surface area contributed by atoms with Gasteiger partial charge in [-0.3, -0.25) is 0 Å². The number of halogens is 1. The lowest BCUT2D eigenvalue weighted by Gasteiger charge is -2.24. The maximum absolute atomic E-state index is 9.16. The molecule has 0 fully saturated rings. The van der Waals surface area contributed by atoms with E-state index in [9.17, 15) is 0 Å². The summed E-state index contributed by atoms with van der Waals surface area (Å²) in [7, 11) is -1.24. The summed E-state index contributed by atoms with van der Waals surface area (Å²) < 4.78 is 0. The lowest BCUT2D eigenvalue weighted by atomic mass is 9.94. The van der Waals surface area contributed by atoms with Crippen molar-refractivity contribution in [2.45, 2.75) is 82.5 Å². The first kappa shape index (κ1) is 25.6. The Morgan fingerprint density at radius 1 is 0.808 bits per heavy atom. The van der Waals surface area contributed by atoms with Crippen molar-refractivity contribution < 1.29 is 10.2 Å². The number of nitrogens with two attached hydrogens (primary N) is 1. The van der Waals surface area contributed by atoms with Crippen LogP contribution in [0.1, 0.15) is 57.8 Å². The summed E-state index contributed by atoms with van der Waals surface area (Å²) in [5.41, 5.74) is 5.09. The molecule has 0 aliphatic rings. The highest BCUT2D eigenvalue weighted by atomic mass is 35.5. The molecule has 1 aromatic rings. The van der Waals surface area contributed by atoms with Gasteiger partial charge in [-0.2, -0.15) is 0 Å². The van der Waals surface area contributed by atoms with Gasteiger partial charge in [-0.25, -0.2) is 0 Å². The van der Waals surface area contributed by atoms with Crippen molar-refractivity contribution in [1.82, 2.24) is 0 Å². The molecule has 0 saturated heterocycles. The normalized spacial score (nSPS) is 12.0. The Labute approximate surface area is 167 Å². The van der Waals surface area contributed by atoms with E-state index in [4.69, 9.17) is 15.9 Å². The maximum atomic E-state index is 9.16. The maximum Gasteiger partial charge on any atom is 0.0806 e. The first-order valence-corrected chi connectivity index (χ1v) is 13.2. The molecule has 0 aliphatic carbocycles. The Bertz CT molecular complexity index is 453. The fourth-order valence-corrected chi connectivity index (χ4v) is 5.86. The highest BCUT2D eigenvalue weighted by Gasteiger charge is 2.22.